The lowest BCUT2D eigenvalue weighted by atomic mass is 10.1. The number of anilines is 1. The third-order valence-electron chi connectivity index (χ3n) is 5.64. The number of hydrogen-bond acceptors (Lipinski definition) is 8. The van der Waals surface area contributed by atoms with Gasteiger partial charge in [-0.25, -0.2) is 4.98 Å². The third-order valence-corrected chi connectivity index (χ3v) is 6.75. The highest BCUT2D eigenvalue weighted by Gasteiger charge is 2.24. The van der Waals surface area contributed by atoms with Gasteiger partial charge in [-0.05, 0) is 30.5 Å². The second kappa shape index (κ2) is 10.1. The summed E-state index contributed by atoms with van der Waals surface area (Å²) in [6.07, 6.45) is 1.82. The van der Waals surface area contributed by atoms with Crippen LogP contribution < -0.4 is 21.5 Å². The number of aromatic nitrogens is 2. The van der Waals surface area contributed by atoms with Gasteiger partial charge in [0.25, 0.3) is 11.5 Å². The largest absolute Gasteiger partial charge is 0.383 e. The van der Waals surface area contributed by atoms with Gasteiger partial charge in [0, 0.05) is 32.8 Å². The highest BCUT2D eigenvalue weighted by Crippen LogP contribution is 2.26. The van der Waals surface area contributed by atoms with Gasteiger partial charge in [0.05, 0.1) is 35.2 Å². The summed E-state index contributed by atoms with van der Waals surface area (Å²) < 4.78 is 6.98. The van der Waals surface area contributed by atoms with Crippen molar-refractivity contribution < 1.29 is 9.53 Å². The molecule has 3 N–H and O–H groups in total. The first-order valence-electron chi connectivity index (χ1n) is 10.8. The molecular formula is C23H26N6O3S. The van der Waals surface area contributed by atoms with Gasteiger partial charge in [-0.2, -0.15) is 5.26 Å². The molecule has 2 aromatic heterocycles. The minimum Gasteiger partial charge on any atom is -0.383 e. The summed E-state index contributed by atoms with van der Waals surface area (Å²) in [7, 11) is 1.57. The van der Waals surface area contributed by atoms with E-state index in [1.54, 1.807) is 29.9 Å². The fourth-order valence-corrected chi connectivity index (χ4v) is 4.94. The number of benzene rings is 1. The molecule has 9 nitrogen and oxygen atoms in total. The van der Waals surface area contributed by atoms with E-state index >= 15 is 0 Å². The van der Waals surface area contributed by atoms with Crippen molar-refractivity contribution in [1.82, 2.24) is 14.9 Å². The van der Waals surface area contributed by atoms with Crippen LogP contribution in [0.3, 0.4) is 0 Å². The molecule has 0 radical (unpaired) electrons. The summed E-state index contributed by atoms with van der Waals surface area (Å²) in [5.41, 5.74) is 7.70. The number of nitrogens with one attached hydrogen (secondary N) is 1. The highest BCUT2D eigenvalue weighted by atomic mass is 32.1. The van der Waals surface area contributed by atoms with Crippen molar-refractivity contribution in [2.24, 2.45) is 5.73 Å². The number of amides is 1. The van der Waals surface area contributed by atoms with Crippen molar-refractivity contribution in [1.29, 1.82) is 5.26 Å². The van der Waals surface area contributed by atoms with E-state index in [1.165, 1.54) is 0 Å². The molecule has 1 aromatic carbocycles. The van der Waals surface area contributed by atoms with E-state index in [-0.39, 0.29) is 24.1 Å². The first-order chi connectivity index (χ1) is 16.0. The fraction of sp³-hybridized carbons (Fsp3) is 0.391. The van der Waals surface area contributed by atoms with Gasteiger partial charge in [0.15, 0.2) is 0 Å². The van der Waals surface area contributed by atoms with E-state index in [9.17, 15) is 14.9 Å². The average molecular weight is 467 g/mol. The topological polar surface area (TPSA) is 126 Å². The number of nitrogens with two attached hydrogens (primary N) is 1. The van der Waals surface area contributed by atoms with Gasteiger partial charge in [0.1, 0.15) is 4.70 Å². The van der Waals surface area contributed by atoms with Crippen LogP contribution in [0.4, 0.5) is 5.95 Å². The van der Waals surface area contributed by atoms with Gasteiger partial charge < -0.3 is 20.7 Å². The first-order valence-corrected chi connectivity index (χ1v) is 11.6. The Hall–Kier alpha value is -3.26. The van der Waals surface area contributed by atoms with E-state index in [2.05, 4.69) is 11.4 Å². The Morgan fingerprint density at radius 2 is 2.24 bits per heavy atom. The van der Waals surface area contributed by atoms with Crippen LogP contribution >= 0.6 is 11.3 Å². The molecule has 1 fully saturated rings. The maximum Gasteiger partial charge on any atom is 0.273 e. The minimum atomic E-state index is -0.266. The van der Waals surface area contributed by atoms with Crippen molar-refractivity contribution in [3.05, 3.63) is 56.7 Å². The molecule has 3 aromatic rings. The van der Waals surface area contributed by atoms with Gasteiger partial charge in [-0.15, -0.1) is 11.3 Å². The number of methoxy groups -OCH3 is 1. The molecule has 1 aliphatic heterocycles. The van der Waals surface area contributed by atoms with Crippen LogP contribution in [0.5, 0.6) is 0 Å². The van der Waals surface area contributed by atoms with E-state index in [0.717, 1.165) is 36.3 Å². The van der Waals surface area contributed by atoms with E-state index in [4.69, 9.17) is 15.5 Å². The molecule has 0 aliphatic carbocycles. The summed E-state index contributed by atoms with van der Waals surface area (Å²) in [6, 6.07) is 11.1. The molecule has 3 heterocycles. The van der Waals surface area contributed by atoms with Crippen molar-refractivity contribution in [3.63, 3.8) is 0 Å². The maximum atomic E-state index is 13.6. The molecule has 1 saturated heterocycles. The SMILES string of the molecule is COCCNC(=O)c1cc2nc(N3CCC[C@@H](N)C3)n(Cc3ccccc3C#N)c(=O)c2s1. The molecule has 0 unspecified atom stereocenters. The highest BCUT2D eigenvalue weighted by molar-refractivity contribution is 7.20. The zero-order chi connectivity index (χ0) is 23.4. The number of fused-ring (bicyclic) bond motifs is 1. The summed E-state index contributed by atoms with van der Waals surface area (Å²) in [5, 5.41) is 12.3. The van der Waals surface area contributed by atoms with Gasteiger partial charge >= 0.3 is 0 Å². The van der Waals surface area contributed by atoms with Crippen LogP contribution in [0.2, 0.25) is 0 Å². The van der Waals surface area contributed by atoms with Crippen molar-refractivity contribution in [2.75, 3.05) is 38.3 Å². The van der Waals surface area contributed by atoms with Crippen molar-refractivity contribution in [3.8, 4) is 6.07 Å². The lowest BCUT2D eigenvalue weighted by molar-refractivity contribution is 0.0941. The molecule has 0 bridgehead atoms. The van der Waals surface area contributed by atoms with E-state index in [0.29, 0.717) is 46.3 Å². The number of nitriles is 1. The Morgan fingerprint density at radius 1 is 1.42 bits per heavy atom. The monoisotopic (exact) mass is 466 g/mol. The fourth-order valence-electron chi connectivity index (χ4n) is 3.98. The maximum absolute atomic E-state index is 13.6. The average Bonchev–Trinajstić information content (AvgIpc) is 3.26. The number of hydrogen-bond donors (Lipinski definition) is 2. The van der Waals surface area contributed by atoms with Crippen LogP contribution in [0, 0.1) is 11.3 Å². The van der Waals surface area contributed by atoms with Crippen molar-refractivity contribution >= 4 is 33.4 Å². The van der Waals surface area contributed by atoms with Crippen molar-refractivity contribution in [2.45, 2.75) is 25.4 Å². The van der Waals surface area contributed by atoms with Crippen LogP contribution in [-0.4, -0.2) is 54.9 Å². The number of thiophene rings is 1. The van der Waals surface area contributed by atoms with Gasteiger partial charge in [0.2, 0.25) is 5.95 Å². The number of carbonyl (C=O) groups is 1. The van der Waals surface area contributed by atoms with Gasteiger partial charge in [-0.3, -0.25) is 14.2 Å². The molecule has 0 spiro atoms. The third kappa shape index (κ3) is 4.90. The standard InChI is InChI=1S/C23H26N6O3S/c1-32-10-8-26-21(30)19-11-18-20(33-19)22(31)29(13-16-6-3-2-5-15(16)12-24)23(27-18)28-9-4-7-17(25)14-28/h2-3,5-6,11,17H,4,7-10,13-14,25H2,1H3,(H,26,30)/t17-/m1/s1. The van der Waals surface area contributed by atoms with Crippen LogP contribution in [0.1, 0.15) is 33.6 Å². The molecule has 0 saturated carbocycles. The minimum absolute atomic E-state index is 0.00390. The Kier molecular flexibility index (Phi) is 7.03. The van der Waals surface area contributed by atoms with Crippen LogP contribution in [-0.2, 0) is 11.3 Å². The Balaban J connectivity index is 1.80. The number of ether oxygens (including phenoxy) is 1. The lowest BCUT2D eigenvalue weighted by Crippen LogP contribution is -2.45. The summed E-state index contributed by atoms with van der Waals surface area (Å²) in [5.74, 6) is 0.247. The summed E-state index contributed by atoms with van der Waals surface area (Å²) in [4.78, 5) is 33.4. The van der Waals surface area contributed by atoms with Crippen LogP contribution in [0.15, 0.2) is 35.1 Å². The number of carbonyl (C=O) groups excluding carboxylic acids is 1. The molecule has 172 valence electrons. The normalized spacial score (nSPS) is 16.0. The second-order valence-corrected chi connectivity index (χ2v) is 9.05. The molecular weight excluding hydrogens is 440 g/mol. The Morgan fingerprint density at radius 3 is 3.00 bits per heavy atom. The smallest absolute Gasteiger partial charge is 0.273 e. The quantitative estimate of drug-likeness (QED) is 0.507. The molecule has 1 atom stereocenters. The molecule has 10 heteroatoms. The summed E-state index contributed by atoms with van der Waals surface area (Å²) in [6.45, 7) is 2.31. The molecule has 1 amide bonds. The molecule has 33 heavy (non-hydrogen) atoms. The van der Waals surface area contributed by atoms with E-state index < -0.39 is 0 Å². The second-order valence-electron chi connectivity index (χ2n) is 7.99. The van der Waals surface area contributed by atoms with Crippen LogP contribution in [0.25, 0.3) is 10.2 Å². The Labute approximate surface area is 195 Å². The Bertz CT molecular complexity index is 1260. The zero-order valence-corrected chi connectivity index (χ0v) is 19.2. The first kappa shape index (κ1) is 22.9. The molecule has 1 aliphatic rings. The van der Waals surface area contributed by atoms with E-state index in [1.807, 2.05) is 17.0 Å². The van der Waals surface area contributed by atoms with Gasteiger partial charge in [-0.1, -0.05) is 18.2 Å². The predicted octanol–water partition coefficient (Wildman–Crippen LogP) is 1.68. The molecule has 4 rings (SSSR count). The number of piperidine rings is 1. The summed E-state index contributed by atoms with van der Waals surface area (Å²) >= 11 is 1.12. The lowest BCUT2D eigenvalue weighted by Gasteiger charge is -2.33. The number of nitrogens with zero attached hydrogens (tertiary/aromatic N) is 4. The predicted molar refractivity (Wildman–Crippen MR) is 128 cm³/mol. The number of rotatable bonds is 7. The zero-order valence-electron chi connectivity index (χ0n) is 18.4.